The number of oxime groups is 1. The third-order valence-corrected chi connectivity index (χ3v) is 7.47. The number of hydrogen-bond donors (Lipinski definition) is 1. The summed E-state index contributed by atoms with van der Waals surface area (Å²) in [4.78, 5) is 16.3. The number of hydrogen-bond acceptors (Lipinski definition) is 5. The first kappa shape index (κ1) is 21.1. The molecule has 4 rings (SSSR count). The van der Waals surface area contributed by atoms with Gasteiger partial charge >= 0.3 is 0 Å². The van der Waals surface area contributed by atoms with Gasteiger partial charge in [0.2, 0.25) is 0 Å². The van der Waals surface area contributed by atoms with E-state index < -0.39 is 0 Å². The topological polar surface area (TPSA) is 52.9 Å². The van der Waals surface area contributed by atoms with E-state index in [4.69, 9.17) is 0 Å². The number of carbonyl (C=O) groups is 1. The highest BCUT2D eigenvalue weighted by atomic mass is 32.2. The van der Waals surface area contributed by atoms with Crippen molar-refractivity contribution in [1.82, 2.24) is 4.90 Å². The minimum atomic E-state index is -0.307. The maximum Gasteiger partial charge on any atom is 0.166 e. The highest BCUT2D eigenvalue weighted by Crippen LogP contribution is 2.37. The molecule has 1 N–H and O–H groups in total. The van der Waals surface area contributed by atoms with Crippen molar-refractivity contribution in [2.75, 3.05) is 19.6 Å². The molecule has 0 aliphatic carbocycles. The lowest BCUT2D eigenvalue weighted by Gasteiger charge is -2.32. The van der Waals surface area contributed by atoms with Gasteiger partial charge in [-0.05, 0) is 75.6 Å². The van der Waals surface area contributed by atoms with Crippen molar-refractivity contribution in [3.63, 3.8) is 0 Å². The van der Waals surface area contributed by atoms with E-state index in [1.54, 1.807) is 12.1 Å². The molecule has 0 bridgehead atoms. The van der Waals surface area contributed by atoms with Gasteiger partial charge in [0.25, 0.3) is 0 Å². The van der Waals surface area contributed by atoms with Crippen LogP contribution >= 0.6 is 11.8 Å². The minimum Gasteiger partial charge on any atom is -0.411 e. The van der Waals surface area contributed by atoms with E-state index in [1.807, 2.05) is 30.0 Å². The number of rotatable bonds is 6. The molecule has 0 radical (unpaired) electrons. The molecule has 1 unspecified atom stereocenters. The molecule has 2 aromatic rings. The van der Waals surface area contributed by atoms with Crippen LogP contribution in [0.5, 0.6) is 0 Å². The average molecular weight is 427 g/mol. The molecule has 0 aromatic heterocycles. The van der Waals surface area contributed by atoms with Crippen LogP contribution in [0.15, 0.2) is 58.6 Å². The SMILES string of the molecule is O=C(c1ccc(F)cc1)C1CCN(CCCC2CC(=NO)c3ccccc3S2)CC1. The van der Waals surface area contributed by atoms with Gasteiger partial charge < -0.3 is 10.1 Å². The highest BCUT2D eigenvalue weighted by Gasteiger charge is 2.27. The van der Waals surface area contributed by atoms with Crippen molar-refractivity contribution < 1.29 is 14.4 Å². The molecule has 1 atom stereocenters. The fourth-order valence-electron chi connectivity index (χ4n) is 4.42. The predicted octanol–water partition coefficient (Wildman–Crippen LogP) is 5.24. The standard InChI is InChI=1S/C24H27FN2O2S/c25-19-9-7-17(8-10-19)24(28)18-11-14-27(15-12-18)13-3-4-20-16-22(26-29)21-5-1-2-6-23(21)30-20/h1-2,5-10,18,20,29H,3-4,11-16H2. The highest BCUT2D eigenvalue weighted by molar-refractivity contribution is 8.00. The number of ketones is 1. The summed E-state index contributed by atoms with van der Waals surface area (Å²) >= 11 is 1.88. The lowest BCUT2D eigenvalue weighted by molar-refractivity contribution is 0.0839. The first-order valence-corrected chi connectivity index (χ1v) is 11.5. The summed E-state index contributed by atoms with van der Waals surface area (Å²) in [7, 11) is 0. The lowest BCUT2D eigenvalue weighted by atomic mass is 9.89. The number of carbonyl (C=O) groups excluding carboxylic acids is 1. The minimum absolute atomic E-state index is 0.0421. The number of halogens is 1. The molecule has 0 amide bonds. The number of likely N-dealkylation sites (tertiary alicyclic amines) is 1. The normalized spacial score (nSPS) is 21.5. The summed E-state index contributed by atoms with van der Waals surface area (Å²) in [6.45, 7) is 2.89. The third-order valence-electron chi connectivity index (χ3n) is 6.12. The maximum absolute atomic E-state index is 13.1. The second-order valence-corrected chi connectivity index (χ2v) is 9.46. The van der Waals surface area contributed by atoms with Crippen LogP contribution in [-0.2, 0) is 0 Å². The Bertz CT molecular complexity index is 908. The van der Waals surface area contributed by atoms with Crippen LogP contribution in [0.1, 0.15) is 48.0 Å². The number of benzene rings is 2. The molecular weight excluding hydrogens is 399 g/mol. The van der Waals surface area contributed by atoms with Gasteiger partial charge in [-0.15, -0.1) is 11.8 Å². The zero-order valence-corrected chi connectivity index (χ0v) is 17.8. The van der Waals surface area contributed by atoms with Gasteiger partial charge in [-0.1, -0.05) is 23.4 Å². The van der Waals surface area contributed by atoms with Crippen LogP contribution in [0.3, 0.4) is 0 Å². The summed E-state index contributed by atoms with van der Waals surface area (Å²) in [5, 5.41) is 13.3. The van der Waals surface area contributed by atoms with E-state index in [2.05, 4.69) is 16.1 Å². The Labute approximate surface area is 181 Å². The van der Waals surface area contributed by atoms with Gasteiger partial charge in [0.1, 0.15) is 5.82 Å². The number of thioether (sulfide) groups is 1. The number of Topliss-reactive ketones (excluding diaryl/α,β-unsaturated/α-hetero) is 1. The number of fused-ring (bicyclic) bond motifs is 1. The Morgan fingerprint density at radius 1 is 1.13 bits per heavy atom. The van der Waals surface area contributed by atoms with Gasteiger partial charge in [0.05, 0.1) is 5.71 Å². The number of piperidine rings is 1. The van der Waals surface area contributed by atoms with Crippen molar-refractivity contribution in [3.8, 4) is 0 Å². The van der Waals surface area contributed by atoms with Crippen LogP contribution in [0, 0.1) is 11.7 Å². The first-order valence-electron chi connectivity index (χ1n) is 10.6. The van der Waals surface area contributed by atoms with Crippen LogP contribution < -0.4 is 0 Å². The third kappa shape index (κ3) is 4.93. The van der Waals surface area contributed by atoms with Crippen molar-refractivity contribution >= 4 is 23.3 Å². The fourth-order valence-corrected chi connectivity index (χ4v) is 5.78. The van der Waals surface area contributed by atoms with Gasteiger partial charge in [-0.3, -0.25) is 4.79 Å². The molecule has 4 nitrogen and oxygen atoms in total. The molecule has 2 aromatic carbocycles. The zero-order chi connectivity index (χ0) is 20.9. The van der Waals surface area contributed by atoms with E-state index in [1.165, 1.54) is 17.0 Å². The van der Waals surface area contributed by atoms with Gasteiger partial charge in [-0.25, -0.2) is 4.39 Å². The first-order chi connectivity index (χ1) is 14.6. The molecule has 2 heterocycles. The summed E-state index contributed by atoms with van der Waals surface area (Å²) < 4.78 is 13.1. The molecule has 2 aliphatic heterocycles. The molecule has 30 heavy (non-hydrogen) atoms. The van der Waals surface area contributed by atoms with Crippen molar-refractivity contribution in [2.24, 2.45) is 11.1 Å². The predicted molar refractivity (Wildman–Crippen MR) is 118 cm³/mol. The molecule has 1 saturated heterocycles. The molecule has 2 aliphatic rings. The van der Waals surface area contributed by atoms with Crippen molar-refractivity contribution in [3.05, 3.63) is 65.5 Å². The van der Waals surface area contributed by atoms with Crippen LogP contribution in [0.4, 0.5) is 4.39 Å². The van der Waals surface area contributed by atoms with Crippen molar-refractivity contribution in [2.45, 2.75) is 42.2 Å². The molecule has 158 valence electrons. The van der Waals surface area contributed by atoms with E-state index in [9.17, 15) is 14.4 Å². The Kier molecular flexibility index (Phi) is 6.85. The van der Waals surface area contributed by atoms with E-state index in [-0.39, 0.29) is 17.5 Å². The summed E-state index contributed by atoms with van der Waals surface area (Å²) in [6.07, 6.45) is 4.69. The summed E-state index contributed by atoms with van der Waals surface area (Å²) in [5.41, 5.74) is 2.45. The maximum atomic E-state index is 13.1. The Balaban J connectivity index is 1.22. The second-order valence-electron chi connectivity index (χ2n) is 8.12. The Hall–Kier alpha value is -2.18. The van der Waals surface area contributed by atoms with Gasteiger partial charge in [0, 0.05) is 33.6 Å². The Morgan fingerprint density at radius 2 is 1.87 bits per heavy atom. The zero-order valence-electron chi connectivity index (χ0n) is 17.0. The summed E-state index contributed by atoms with van der Waals surface area (Å²) in [6, 6.07) is 14.0. The molecule has 1 fully saturated rings. The quantitative estimate of drug-likeness (QED) is 0.390. The summed E-state index contributed by atoms with van der Waals surface area (Å²) in [5.74, 6) is -0.124. The van der Waals surface area contributed by atoms with Gasteiger partial charge in [-0.2, -0.15) is 0 Å². The second kappa shape index (κ2) is 9.75. The molecule has 0 spiro atoms. The Morgan fingerprint density at radius 3 is 2.60 bits per heavy atom. The monoisotopic (exact) mass is 426 g/mol. The van der Waals surface area contributed by atoms with E-state index in [0.29, 0.717) is 10.8 Å². The van der Waals surface area contributed by atoms with Gasteiger partial charge in [0.15, 0.2) is 5.78 Å². The van der Waals surface area contributed by atoms with Crippen LogP contribution in [-0.4, -0.2) is 46.5 Å². The lowest BCUT2D eigenvalue weighted by Crippen LogP contribution is -2.37. The van der Waals surface area contributed by atoms with Crippen LogP contribution in [0.2, 0.25) is 0 Å². The molecule has 0 saturated carbocycles. The average Bonchev–Trinajstić information content (AvgIpc) is 2.79. The number of nitrogens with zero attached hydrogens (tertiary/aromatic N) is 2. The smallest absolute Gasteiger partial charge is 0.166 e. The van der Waals surface area contributed by atoms with Crippen LogP contribution in [0.25, 0.3) is 0 Å². The largest absolute Gasteiger partial charge is 0.411 e. The van der Waals surface area contributed by atoms with E-state index >= 15 is 0 Å². The van der Waals surface area contributed by atoms with E-state index in [0.717, 1.165) is 63.0 Å². The van der Waals surface area contributed by atoms with Crippen molar-refractivity contribution in [1.29, 1.82) is 0 Å². The molecule has 6 heteroatoms. The molecular formula is C24H27FN2O2S. The fraction of sp³-hybridized carbons (Fsp3) is 0.417.